The van der Waals surface area contributed by atoms with Crippen LogP contribution >= 0.6 is 27.7 Å². The molecule has 0 aliphatic carbocycles. The monoisotopic (exact) mass is 335 g/mol. The number of rotatable bonds is 4. The van der Waals surface area contributed by atoms with Gasteiger partial charge in [0.15, 0.2) is 0 Å². The molecule has 0 spiro atoms. The lowest BCUT2D eigenvalue weighted by molar-refractivity contribution is 0.943. The largest absolute Gasteiger partial charge is 0.330 e. The number of aryl methyl sites for hydroxylation is 2. The van der Waals surface area contributed by atoms with Gasteiger partial charge in [-0.3, -0.25) is 0 Å². The van der Waals surface area contributed by atoms with E-state index in [9.17, 15) is 0 Å². The van der Waals surface area contributed by atoms with Gasteiger partial charge in [0, 0.05) is 14.3 Å². The van der Waals surface area contributed by atoms with Crippen LogP contribution in [0.5, 0.6) is 0 Å². The molecule has 2 N–H and O–H groups in total. The van der Waals surface area contributed by atoms with Gasteiger partial charge in [0.25, 0.3) is 0 Å². The Hall–Kier alpha value is -0.770. The van der Waals surface area contributed by atoms with E-state index in [1.54, 1.807) is 0 Å². The third kappa shape index (κ3) is 3.85. The van der Waals surface area contributed by atoms with Crippen LogP contribution < -0.4 is 5.73 Å². The van der Waals surface area contributed by atoms with Gasteiger partial charge in [-0.1, -0.05) is 39.8 Å². The van der Waals surface area contributed by atoms with Crippen LogP contribution in [0, 0.1) is 13.8 Å². The molecule has 0 radical (unpaired) electrons. The minimum absolute atomic E-state index is 0.677. The van der Waals surface area contributed by atoms with Crippen molar-refractivity contribution in [3.63, 3.8) is 0 Å². The second-order valence-corrected chi connectivity index (χ2v) is 6.66. The molecule has 0 aliphatic heterocycles. The van der Waals surface area contributed by atoms with Crippen molar-refractivity contribution in [1.29, 1.82) is 0 Å². The van der Waals surface area contributed by atoms with Crippen molar-refractivity contribution in [3.8, 4) is 0 Å². The van der Waals surface area contributed by atoms with E-state index < -0.39 is 0 Å². The molecule has 0 bridgehead atoms. The molecule has 100 valence electrons. The minimum Gasteiger partial charge on any atom is -0.330 e. The summed E-state index contributed by atoms with van der Waals surface area (Å²) in [4.78, 5) is 2.61. The molecule has 2 aromatic rings. The SMILES string of the molecule is Cc1ccc(C)c(Sc2ccc(Br)cc2CCN)c1. The lowest BCUT2D eigenvalue weighted by Gasteiger charge is -2.11. The van der Waals surface area contributed by atoms with Crippen molar-refractivity contribution in [1.82, 2.24) is 0 Å². The minimum atomic E-state index is 0.677. The van der Waals surface area contributed by atoms with E-state index in [-0.39, 0.29) is 0 Å². The van der Waals surface area contributed by atoms with Gasteiger partial charge in [-0.15, -0.1) is 0 Å². The maximum absolute atomic E-state index is 5.70. The van der Waals surface area contributed by atoms with Gasteiger partial charge in [0.1, 0.15) is 0 Å². The number of hydrogen-bond donors (Lipinski definition) is 1. The van der Waals surface area contributed by atoms with Crippen LogP contribution in [0.4, 0.5) is 0 Å². The Morgan fingerprint density at radius 3 is 2.58 bits per heavy atom. The fourth-order valence-corrected chi connectivity index (χ4v) is 3.48. The summed E-state index contributed by atoms with van der Waals surface area (Å²) >= 11 is 5.36. The predicted molar refractivity (Wildman–Crippen MR) is 86.9 cm³/mol. The standard InChI is InChI=1S/C16H18BrNS/c1-11-3-4-12(2)16(9-11)19-15-6-5-14(17)10-13(15)7-8-18/h3-6,9-10H,7-8,18H2,1-2H3. The van der Waals surface area contributed by atoms with E-state index in [1.807, 2.05) is 11.8 Å². The Morgan fingerprint density at radius 1 is 1.05 bits per heavy atom. The highest BCUT2D eigenvalue weighted by Crippen LogP contribution is 2.34. The van der Waals surface area contributed by atoms with Crippen molar-refractivity contribution in [3.05, 3.63) is 57.6 Å². The van der Waals surface area contributed by atoms with E-state index in [2.05, 4.69) is 66.2 Å². The molecule has 0 saturated carbocycles. The first kappa shape index (κ1) is 14.6. The highest BCUT2D eigenvalue weighted by Gasteiger charge is 2.07. The lowest BCUT2D eigenvalue weighted by atomic mass is 10.1. The van der Waals surface area contributed by atoms with Gasteiger partial charge >= 0.3 is 0 Å². The molecule has 0 unspecified atom stereocenters. The fourth-order valence-electron chi connectivity index (χ4n) is 1.93. The lowest BCUT2D eigenvalue weighted by Crippen LogP contribution is -2.03. The molecular weight excluding hydrogens is 318 g/mol. The molecule has 0 heterocycles. The van der Waals surface area contributed by atoms with Gasteiger partial charge < -0.3 is 5.73 Å². The smallest absolute Gasteiger partial charge is 0.0178 e. The molecule has 3 heteroatoms. The topological polar surface area (TPSA) is 26.0 Å². The highest BCUT2D eigenvalue weighted by atomic mass is 79.9. The summed E-state index contributed by atoms with van der Waals surface area (Å²) in [6.45, 7) is 4.96. The van der Waals surface area contributed by atoms with Gasteiger partial charge in [-0.25, -0.2) is 0 Å². The van der Waals surface area contributed by atoms with E-state index in [1.165, 1.54) is 26.5 Å². The molecule has 1 nitrogen and oxygen atoms in total. The zero-order chi connectivity index (χ0) is 13.8. The van der Waals surface area contributed by atoms with Crippen LogP contribution in [0.2, 0.25) is 0 Å². The Morgan fingerprint density at radius 2 is 1.84 bits per heavy atom. The molecule has 2 aromatic carbocycles. The second-order valence-electron chi connectivity index (χ2n) is 4.66. The van der Waals surface area contributed by atoms with Gasteiger partial charge in [0.05, 0.1) is 0 Å². The average molecular weight is 336 g/mol. The maximum atomic E-state index is 5.70. The zero-order valence-electron chi connectivity index (χ0n) is 11.2. The van der Waals surface area contributed by atoms with Gasteiger partial charge in [-0.05, 0) is 67.8 Å². The molecule has 0 aliphatic rings. The van der Waals surface area contributed by atoms with Crippen LogP contribution in [0.3, 0.4) is 0 Å². The molecule has 19 heavy (non-hydrogen) atoms. The number of hydrogen-bond acceptors (Lipinski definition) is 2. The van der Waals surface area contributed by atoms with Gasteiger partial charge in [-0.2, -0.15) is 0 Å². The second kappa shape index (κ2) is 6.60. The van der Waals surface area contributed by atoms with Crippen molar-refractivity contribution in [2.24, 2.45) is 5.73 Å². The number of nitrogens with two attached hydrogens (primary N) is 1. The Labute approximate surface area is 127 Å². The summed E-state index contributed by atoms with van der Waals surface area (Å²) in [6.07, 6.45) is 0.909. The van der Waals surface area contributed by atoms with Gasteiger partial charge in [0.2, 0.25) is 0 Å². The maximum Gasteiger partial charge on any atom is 0.0178 e. The summed E-state index contributed by atoms with van der Waals surface area (Å²) in [6, 6.07) is 13.0. The van der Waals surface area contributed by atoms with Crippen LogP contribution in [0.15, 0.2) is 50.7 Å². The van der Waals surface area contributed by atoms with Crippen LogP contribution in [-0.4, -0.2) is 6.54 Å². The first-order valence-electron chi connectivity index (χ1n) is 6.34. The first-order valence-corrected chi connectivity index (χ1v) is 7.94. The molecular formula is C16H18BrNS. The third-order valence-electron chi connectivity index (χ3n) is 3.00. The average Bonchev–Trinajstić information content (AvgIpc) is 2.37. The highest BCUT2D eigenvalue weighted by molar-refractivity contribution is 9.10. The van der Waals surface area contributed by atoms with Crippen LogP contribution in [0.25, 0.3) is 0 Å². The Bertz CT molecular complexity index is 581. The fraction of sp³-hybridized carbons (Fsp3) is 0.250. The van der Waals surface area contributed by atoms with Crippen LogP contribution in [0.1, 0.15) is 16.7 Å². The summed E-state index contributed by atoms with van der Waals surface area (Å²) in [5, 5.41) is 0. The molecule has 2 rings (SSSR count). The molecule has 0 fully saturated rings. The summed E-state index contributed by atoms with van der Waals surface area (Å²) < 4.78 is 1.11. The molecule has 0 saturated heterocycles. The van der Waals surface area contributed by atoms with E-state index in [0.717, 1.165) is 10.9 Å². The Kier molecular flexibility index (Phi) is 5.08. The normalized spacial score (nSPS) is 10.7. The predicted octanol–water partition coefficient (Wildman–Crippen LogP) is 4.72. The zero-order valence-corrected chi connectivity index (χ0v) is 13.6. The first-order chi connectivity index (χ1) is 9.10. The number of benzene rings is 2. The van der Waals surface area contributed by atoms with Crippen LogP contribution in [-0.2, 0) is 6.42 Å². The summed E-state index contributed by atoms with van der Waals surface area (Å²) in [5.41, 5.74) is 9.62. The van der Waals surface area contributed by atoms with E-state index in [0.29, 0.717) is 6.54 Å². The summed E-state index contributed by atoms with van der Waals surface area (Å²) in [5.74, 6) is 0. The van der Waals surface area contributed by atoms with E-state index in [4.69, 9.17) is 5.73 Å². The summed E-state index contributed by atoms with van der Waals surface area (Å²) in [7, 11) is 0. The van der Waals surface area contributed by atoms with Crippen molar-refractivity contribution >= 4 is 27.7 Å². The quantitative estimate of drug-likeness (QED) is 0.874. The van der Waals surface area contributed by atoms with Crippen molar-refractivity contribution in [2.75, 3.05) is 6.54 Å². The molecule has 0 aromatic heterocycles. The Balaban J connectivity index is 2.34. The number of halogens is 1. The van der Waals surface area contributed by atoms with Crippen molar-refractivity contribution < 1.29 is 0 Å². The van der Waals surface area contributed by atoms with E-state index >= 15 is 0 Å². The molecule has 0 atom stereocenters. The third-order valence-corrected chi connectivity index (χ3v) is 4.77. The molecule has 0 amide bonds. The van der Waals surface area contributed by atoms with Crippen molar-refractivity contribution in [2.45, 2.75) is 30.1 Å².